The summed E-state index contributed by atoms with van der Waals surface area (Å²) in [5.41, 5.74) is 0.498. The minimum Gasteiger partial charge on any atom is -0.504 e. The van der Waals surface area contributed by atoms with E-state index in [9.17, 15) is 25.2 Å². The average Bonchev–Trinajstić information content (AvgIpc) is 2.39. The van der Waals surface area contributed by atoms with E-state index >= 15 is 0 Å². The lowest BCUT2D eigenvalue weighted by Gasteiger charge is -2.33. The van der Waals surface area contributed by atoms with E-state index in [0.29, 0.717) is 24.8 Å². The number of phenols is 2. The Balaban J connectivity index is 1.97. The van der Waals surface area contributed by atoms with E-state index in [4.69, 9.17) is 4.74 Å². The second kappa shape index (κ2) is 6.15. The van der Waals surface area contributed by atoms with Crippen LogP contribution in [0.5, 0.6) is 11.5 Å². The maximum absolute atomic E-state index is 11.7. The van der Waals surface area contributed by atoms with Gasteiger partial charge < -0.3 is 25.2 Å². The summed E-state index contributed by atoms with van der Waals surface area (Å²) in [6.07, 6.45) is 3.31. The van der Waals surface area contributed by atoms with Gasteiger partial charge in [0.25, 0.3) is 0 Å². The van der Waals surface area contributed by atoms with Gasteiger partial charge in [-0.15, -0.1) is 0 Å². The molecule has 1 aliphatic carbocycles. The fourth-order valence-corrected chi connectivity index (χ4v) is 2.31. The highest BCUT2D eigenvalue weighted by Crippen LogP contribution is 2.30. The summed E-state index contributed by atoms with van der Waals surface area (Å²) >= 11 is 0. The molecule has 1 fully saturated rings. The van der Waals surface area contributed by atoms with Gasteiger partial charge in [0.05, 0.1) is 6.10 Å². The van der Waals surface area contributed by atoms with Crippen molar-refractivity contribution in [3.8, 4) is 11.5 Å². The Morgan fingerprint density at radius 1 is 1.33 bits per heavy atom. The number of carbonyl (C=O) groups is 1. The molecule has 0 spiro atoms. The maximum atomic E-state index is 11.7. The highest BCUT2D eigenvalue weighted by atomic mass is 16.7. The molecule has 1 saturated carbocycles. The number of carbonyl (C=O) groups excluding carboxylic acids is 1. The first-order chi connectivity index (χ1) is 9.88. The second-order valence-corrected chi connectivity index (χ2v) is 5.20. The van der Waals surface area contributed by atoms with Crippen LogP contribution in [0.2, 0.25) is 0 Å². The van der Waals surface area contributed by atoms with Gasteiger partial charge in [-0.2, -0.15) is 0 Å². The minimum atomic E-state index is -1.63. The number of aromatic hydroxyl groups is 2. The van der Waals surface area contributed by atoms with Crippen LogP contribution in [0.25, 0.3) is 6.08 Å². The summed E-state index contributed by atoms with van der Waals surface area (Å²) in [5, 5.41) is 38.1. The molecule has 0 heterocycles. The van der Waals surface area contributed by atoms with E-state index < -0.39 is 17.9 Å². The highest BCUT2D eigenvalue weighted by Gasteiger charge is 2.36. The summed E-state index contributed by atoms with van der Waals surface area (Å²) in [4.78, 5) is 11.7. The zero-order valence-corrected chi connectivity index (χ0v) is 11.4. The maximum Gasteiger partial charge on any atom is 0.333 e. The first-order valence-corrected chi connectivity index (χ1v) is 6.71. The van der Waals surface area contributed by atoms with Crippen LogP contribution in [0.3, 0.4) is 0 Å². The Bertz CT molecular complexity index is 553. The van der Waals surface area contributed by atoms with E-state index in [1.807, 2.05) is 0 Å². The predicted molar refractivity (Wildman–Crippen MR) is 74.3 cm³/mol. The largest absolute Gasteiger partial charge is 0.504 e. The lowest BCUT2D eigenvalue weighted by Crippen LogP contribution is -2.41. The molecule has 2 rings (SSSR count). The minimum absolute atomic E-state index is 0.00653. The third kappa shape index (κ3) is 4.21. The monoisotopic (exact) mass is 294 g/mol. The summed E-state index contributed by atoms with van der Waals surface area (Å²) < 4.78 is 4.98. The van der Waals surface area contributed by atoms with Gasteiger partial charge in [0, 0.05) is 18.9 Å². The molecule has 0 bridgehead atoms. The van der Waals surface area contributed by atoms with Crippen molar-refractivity contribution in [3.05, 3.63) is 29.8 Å². The number of benzene rings is 1. The van der Waals surface area contributed by atoms with Gasteiger partial charge in [-0.1, -0.05) is 6.07 Å². The van der Waals surface area contributed by atoms with Gasteiger partial charge >= 0.3 is 5.97 Å². The molecule has 1 aromatic rings. The third-order valence-electron chi connectivity index (χ3n) is 3.36. The van der Waals surface area contributed by atoms with Crippen LogP contribution >= 0.6 is 0 Å². The molecule has 1 aliphatic rings. The lowest BCUT2D eigenvalue weighted by molar-refractivity contribution is -0.225. The van der Waals surface area contributed by atoms with E-state index in [2.05, 4.69) is 0 Å². The normalized spacial score (nSPS) is 25.9. The zero-order chi connectivity index (χ0) is 15.5. The van der Waals surface area contributed by atoms with E-state index in [-0.39, 0.29) is 17.9 Å². The van der Waals surface area contributed by atoms with Gasteiger partial charge in [-0.3, -0.25) is 0 Å². The number of aliphatic hydroxyl groups excluding tert-OH is 1. The first kappa shape index (κ1) is 15.3. The number of hydrogen-bond donors (Lipinski definition) is 4. The Morgan fingerprint density at radius 2 is 2.10 bits per heavy atom. The molecule has 0 radical (unpaired) electrons. The van der Waals surface area contributed by atoms with Crippen molar-refractivity contribution < 1.29 is 30.0 Å². The average molecular weight is 294 g/mol. The van der Waals surface area contributed by atoms with Crippen LogP contribution in [-0.2, 0) is 9.53 Å². The van der Waals surface area contributed by atoms with Crippen LogP contribution < -0.4 is 0 Å². The summed E-state index contributed by atoms with van der Waals surface area (Å²) in [6, 6.07) is 4.10. The lowest BCUT2D eigenvalue weighted by atomic mass is 9.92. The molecule has 0 unspecified atom stereocenters. The standard InChI is InChI=1S/C15H18O6/c16-11-2-1-7-15(20,9-11)21-14(19)6-4-10-3-5-12(17)13(18)8-10/h3-6,8,11,16-18,20H,1-2,7,9H2/t11-,15-/m1/s1. The number of ether oxygens (including phenoxy) is 1. The first-order valence-electron chi connectivity index (χ1n) is 6.71. The smallest absolute Gasteiger partial charge is 0.333 e. The van der Waals surface area contributed by atoms with E-state index in [1.165, 1.54) is 24.3 Å². The van der Waals surface area contributed by atoms with Crippen LogP contribution in [-0.4, -0.2) is 38.3 Å². The third-order valence-corrected chi connectivity index (χ3v) is 3.36. The van der Waals surface area contributed by atoms with Crippen molar-refractivity contribution in [2.24, 2.45) is 0 Å². The molecule has 6 nitrogen and oxygen atoms in total. The molecule has 114 valence electrons. The molecular formula is C15H18O6. The zero-order valence-electron chi connectivity index (χ0n) is 11.4. The summed E-state index contributed by atoms with van der Waals surface area (Å²) in [6.45, 7) is 0. The fraction of sp³-hybridized carbons (Fsp3) is 0.400. The van der Waals surface area contributed by atoms with Gasteiger partial charge in [-0.25, -0.2) is 4.79 Å². The molecule has 0 aliphatic heterocycles. The molecule has 2 atom stereocenters. The molecule has 0 saturated heterocycles. The number of rotatable bonds is 3. The Morgan fingerprint density at radius 3 is 2.76 bits per heavy atom. The van der Waals surface area contributed by atoms with E-state index in [1.54, 1.807) is 0 Å². The highest BCUT2D eigenvalue weighted by molar-refractivity contribution is 5.87. The van der Waals surface area contributed by atoms with Gasteiger partial charge in [0.2, 0.25) is 5.79 Å². The molecule has 0 amide bonds. The van der Waals surface area contributed by atoms with Gasteiger partial charge in [-0.05, 0) is 36.6 Å². The van der Waals surface area contributed by atoms with Crippen LogP contribution in [0.4, 0.5) is 0 Å². The summed E-state index contributed by atoms with van der Waals surface area (Å²) in [5.74, 6) is -2.91. The molecule has 4 N–H and O–H groups in total. The number of esters is 1. The van der Waals surface area contributed by atoms with Crippen molar-refractivity contribution in [3.63, 3.8) is 0 Å². The van der Waals surface area contributed by atoms with Crippen molar-refractivity contribution in [1.82, 2.24) is 0 Å². The van der Waals surface area contributed by atoms with Crippen LogP contribution in [0.15, 0.2) is 24.3 Å². The Labute approximate surface area is 121 Å². The molecule has 6 heteroatoms. The van der Waals surface area contributed by atoms with Crippen molar-refractivity contribution in [2.45, 2.75) is 37.6 Å². The molecule has 0 aromatic heterocycles. The Hall–Kier alpha value is -2.05. The number of hydrogen-bond acceptors (Lipinski definition) is 6. The van der Waals surface area contributed by atoms with Gasteiger partial charge in [0.1, 0.15) is 0 Å². The molecule has 21 heavy (non-hydrogen) atoms. The fourth-order valence-electron chi connectivity index (χ4n) is 2.31. The van der Waals surface area contributed by atoms with Crippen LogP contribution in [0.1, 0.15) is 31.2 Å². The van der Waals surface area contributed by atoms with Crippen LogP contribution in [0, 0.1) is 0 Å². The van der Waals surface area contributed by atoms with Gasteiger partial charge in [0.15, 0.2) is 11.5 Å². The molecule has 1 aromatic carbocycles. The van der Waals surface area contributed by atoms with Crippen molar-refractivity contribution in [2.75, 3.05) is 0 Å². The van der Waals surface area contributed by atoms with Crippen molar-refractivity contribution in [1.29, 1.82) is 0 Å². The van der Waals surface area contributed by atoms with Crippen molar-refractivity contribution >= 4 is 12.0 Å². The van der Waals surface area contributed by atoms with E-state index in [0.717, 1.165) is 6.08 Å². The summed E-state index contributed by atoms with van der Waals surface area (Å²) in [7, 11) is 0. The topological polar surface area (TPSA) is 107 Å². The second-order valence-electron chi connectivity index (χ2n) is 5.20. The predicted octanol–water partition coefficient (Wildman–Crippen LogP) is 1.28. The molecular weight excluding hydrogens is 276 g/mol. The number of aliphatic hydroxyl groups is 2. The SMILES string of the molecule is O=C(C=Cc1ccc(O)c(O)c1)O[C@]1(O)CCC[C@@H](O)C1. The quantitative estimate of drug-likeness (QED) is 0.289. The number of phenolic OH excluding ortho intramolecular Hbond substituents is 2. The Kier molecular flexibility index (Phi) is 4.50.